The van der Waals surface area contributed by atoms with E-state index in [-0.39, 0.29) is 18.7 Å². The van der Waals surface area contributed by atoms with Gasteiger partial charge in [0.25, 0.3) is 0 Å². The van der Waals surface area contributed by atoms with Crippen LogP contribution in [0.15, 0.2) is 18.2 Å². The maximum atomic E-state index is 12.6. The molecule has 0 heterocycles. The first kappa shape index (κ1) is 13.8. The van der Waals surface area contributed by atoms with Crippen LogP contribution >= 0.6 is 0 Å². The standard InChI is InChI=1S/C12H16F3NO/c1-8-4-3-5-10(9(8)2)17-11(6-7-16)12(13,14)15/h3-5,11H,6-7,16H2,1-2H3. The molecule has 2 nitrogen and oxygen atoms in total. The van der Waals surface area contributed by atoms with Gasteiger partial charge >= 0.3 is 6.18 Å². The molecule has 0 bridgehead atoms. The molecule has 1 rings (SSSR count). The molecule has 0 amide bonds. The Labute approximate surface area is 98.6 Å². The maximum absolute atomic E-state index is 12.6. The Kier molecular flexibility index (Phi) is 4.40. The van der Waals surface area contributed by atoms with Crippen LogP contribution in [0, 0.1) is 13.8 Å². The van der Waals surface area contributed by atoms with Gasteiger partial charge in [0, 0.05) is 6.42 Å². The van der Waals surface area contributed by atoms with E-state index in [2.05, 4.69) is 0 Å². The van der Waals surface area contributed by atoms with Crippen LogP contribution in [0.4, 0.5) is 13.2 Å². The molecule has 0 fully saturated rings. The van der Waals surface area contributed by atoms with E-state index in [4.69, 9.17) is 10.5 Å². The Morgan fingerprint density at radius 3 is 2.47 bits per heavy atom. The van der Waals surface area contributed by atoms with E-state index in [0.717, 1.165) is 11.1 Å². The Morgan fingerprint density at radius 1 is 1.29 bits per heavy atom. The number of rotatable bonds is 4. The lowest BCUT2D eigenvalue weighted by molar-refractivity contribution is -0.196. The normalized spacial score (nSPS) is 13.5. The number of alkyl halides is 3. The lowest BCUT2D eigenvalue weighted by Crippen LogP contribution is -2.36. The van der Waals surface area contributed by atoms with Gasteiger partial charge in [0.1, 0.15) is 5.75 Å². The number of benzene rings is 1. The van der Waals surface area contributed by atoms with E-state index in [1.54, 1.807) is 13.0 Å². The minimum Gasteiger partial charge on any atom is -0.481 e. The topological polar surface area (TPSA) is 35.2 Å². The van der Waals surface area contributed by atoms with Crippen molar-refractivity contribution >= 4 is 0 Å². The van der Waals surface area contributed by atoms with Gasteiger partial charge in [-0.2, -0.15) is 13.2 Å². The zero-order valence-electron chi connectivity index (χ0n) is 9.84. The molecule has 1 aromatic carbocycles. The van der Waals surface area contributed by atoms with Gasteiger partial charge in [-0.3, -0.25) is 0 Å². The Morgan fingerprint density at radius 2 is 1.94 bits per heavy atom. The van der Waals surface area contributed by atoms with Crippen LogP contribution in [0.25, 0.3) is 0 Å². The van der Waals surface area contributed by atoms with Crippen LogP contribution in [-0.4, -0.2) is 18.8 Å². The molecule has 0 saturated heterocycles. The van der Waals surface area contributed by atoms with Crippen molar-refractivity contribution in [2.75, 3.05) is 6.54 Å². The fourth-order valence-electron chi connectivity index (χ4n) is 1.45. The Bertz CT molecular complexity index is 377. The lowest BCUT2D eigenvalue weighted by atomic mass is 10.1. The third kappa shape index (κ3) is 3.63. The molecule has 0 saturated carbocycles. The third-order valence-corrected chi connectivity index (χ3v) is 2.62. The van der Waals surface area contributed by atoms with Crippen molar-refractivity contribution in [1.29, 1.82) is 0 Å². The summed E-state index contributed by atoms with van der Waals surface area (Å²) in [6, 6.07) is 5.04. The molecule has 1 unspecified atom stereocenters. The van der Waals surface area contributed by atoms with Crippen molar-refractivity contribution in [2.24, 2.45) is 5.73 Å². The molecule has 0 spiro atoms. The summed E-state index contributed by atoms with van der Waals surface area (Å²) in [4.78, 5) is 0. The van der Waals surface area contributed by atoms with Crippen LogP contribution in [0.1, 0.15) is 17.5 Å². The molecule has 0 aliphatic rings. The molecule has 1 atom stereocenters. The minimum absolute atomic E-state index is 0.0605. The zero-order chi connectivity index (χ0) is 13.1. The predicted octanol–water partition coefficient (Wildman–Crippen LogP) is 2.96. The third-order valence-electron chi connectivity index (χ3n) is 2.62. The van der Waals surface area contributed by atoms with Crippen LogP contribution in [0.5, 0.6) is 5.75 Å². The summed E-state index contributed by atoms with van der Waals surface area (Å²) in [5, 5.41) is 0. The number of ether oxygens (including phenoxy) is 1. The van der Waals surface area contributed by atoms with Crippen LogP contribution < -0.4 is 10.5 Å². The van der Waals surface area contributed by atoms with Gasteiger partial charge in [-0.1, -0.05) is 12.1 Å². The van der Waals surface area contributed by atoms with Crippen molar-refractivity contribution in [3.8, 4) is 5.75 Å². The first-order valence-electron chi connectivity index (χ1n) is 5.36. The molecule has 2 N–H and O–H groups in total. The average Bonchev–Trinajstić information content (AvgIpc) is 2.22. The highest BCUT2D eigenvalue weighted by Crippen LogP contribution is 2.29. The van der Waals surface area contributed by atoms with Crippen molar-refractivity contribution in [2.45, 2.75) is 32.5 Å². The minimum atomic E-state index is -4.39. The number of hydrogen-bond donors (Lipinski definition) is 1. The highest BCUT2D eigenvalue weighted by atomic mass is 19.4. The molecule has 5 heteroatoms. The van der Waals surface area contributed by atoms with Gasteiger partial charge in [-0.15, -0.1) is 0 Å². The molecular formula is C12H16F3NO. The van der Waals surface area contributed by atoms with Crippen molar-refractivity contribution in [3.05, 3.63) is 29.3 Å². The number of aryl methyl sites for hydroxylation is 1. The van der Waals surface area contributed by atoms with Crippen LogP contribution in [0.2, 0.25) is 0 Å². The van der Waals surface area contributed by atoms with Gasteiger partial charge in [-0.25, -0.2) is 0 Å². The highest BCUT2D eigenvalue weighted by molar-refractivity contribution is 5.38. The average molecular weight is 247 g/mol. The van der Waals surface area contributed by atoms with Gasteiger partial charge in [0.15, 0.2) is 6.10 Å². The predicted molar refractivity (Wildman–Crippen MR) is 60.1 cm³/mol. The lowest BCUT2D eigenvalue weighted by Gasteiger charge is -2.22. The monoisotopic (exact) mass is 247 g/mol. The summed E-state index contributed by atoms with van der Waals surface area (Å²) in [5.41, 5.74) is 6.79. The molecule has 17 heavy (non-hydrogen) atoms. The van der Waals surface area contributed by atoms with E-state index in [0.29, 0.717) is 0 Å². The second-order valence-electron chi connectivity index (χ2n) is 3.92. The van der Waals surface area contributed by atoms with Gasteiger partial charge < -0.3 is 10.5 Å². The van der Waals surface area contributed by atoms with Crippen LogP contribution in [0.3, 0.4) is 0 Å². The summed E-state index contributed by atoms with van der Waals surface area (Å²) in [6.45, 7) is 3.50. The largest absolute Gasteiger partial charge is 0.481 e. The molecule has 96 valence electrons. The first-order chi connectivity index (χ1) is 7.86. The van der Waals surface area contributed by atoms with E-state index >= 15 is 0 Å². The Hall–Kier alpha value is -1.23. The number of hydrogen-bond acceptors (Lipinski definition) is 2. The van der Waals surface area contributed by atoms with E-state index in [9.17, 15) is 13.2 Å². The SMILES string of the molecule is Cc1cccc(OC(CCN)C(F)(F)F)c1C. The van der Waals surface area contributed by atoms with Crippen molar-refractivity contribution < 1.29 is 17.9 Å². The molecule has 1 aromatic rings. The quantitative estimate of drug-likeness (QED) is 0.887. The second-order valence-corrected chi connectivity index (χ2v) is 3.92. The molecule has 0 aliphatic heterocycles. The number of nitrogens with two attached hydrogens (primary N) is 1. The first-order valence-corrected chi connectivity index (χ1v) is 5.36. The summed E-state index contributed by atoms with van der Waals surface area (Å²) >= 11 is 0. The van der Waals surface area contributed by atoms with Crippen LogP contribution in [-0.2, 0) is 0 Å². The molecule has 0 aliphatic carbocycles. The summed E-state index contributed by atoms with van der Waals surface area (Å²) in [7, 11) is 0. The van der Waals surface area contributed by atoms with Gasteiger partial charge in [-0.05, 0) is 37.6 Å². The fraction of sp³-hybridized carbons (Fsp3) is 0.500. The zero-order valence-corrected chi connectivity index (χ0v) is 9.84. The van der Waals surface area contributed by atoms with Gasteiger partial charge in [0.2, 0.25) is 0 Å². The Balaban J connectivity index is 2.90. The number of halogens is 3. The molecular weight excluding hydrogens is 231 g/mol. The maximum Gasteiger partial charge on any atom is 0.425 e. The van der Waals surface area contributed by atoms with E-state index < -0.39 is 12.3 Å². The highest BCUT2D eigenvalue weighted by Gasteiger charge is 2.41. The summed E-state index contributed by atoms with van der Waals surface area (Å²) in [6.07, 6.45) is -6.47. The molecule has 0 aromatic heterocycles. The second kappa shape index (κ2) is 5.40. The van der Waals surface area contributed by atoms with Crippen molar-refractivity contribution in [1.82, 2.24) is 0 Å². The smallest absolute Gasteiger partial charge is 0.425 e. The molecule has 0 radical (unpaired) electrons. The van der Waals surface area contributed by atoms with Crippen molar-refractivity contribution in [3.63, 3.8) is 0 Å². The van der Waals surface area contributed by atoms with E-state index in [1.807, 2.05) is 13.0 Å². The fourth-order valence-corrected chi connectivity index (χ4v) is 1.45. The summed E-state index contributed by atoms with van der Waals surface area (Å²) < 4.78 is 43.0. The van der Waals surface area contributed by atoms with Gasteiger partial charge in [0.05, 0.1) is 0 Å². The van der Waals surface area contributed by atoms with E-state index in [1.165, 1.54) is 6.07 Å². The summed E-state index contributed by atoms with van der Waals surface area (Å²) in [5.74, 6) is 0.265.